The van der Waals surface area contributed by atoms with E-state index in [2.05, 4.69) is 38.2 Å². The molecular formula is C48H94NO7P. The normalized spacial score (nSPS) is 13.9. The summed E-state index contributed by atoms with van der Waals surface area (Å²) in [5.74, 6) is -0.337. The third-order valence-electron chi connectivity index (χ3n) is 10.5. The summed E-state index contributed by atoms with van der Waals surface area (Å²) in [6.07, 6.45) is 47.6. The molecule has 0 aromatic rings. The fourth-order valence-corrected chi connectivity index (χ4v) is 7.44. The Morgan fingerprint density at radius 3 is 1.33 bits per heavy atom. The summed E-state index contributed by atoms with van der Waals surface area (Å²) in [4.78, 5) is 25.1. The molecule has 2 unspecified atom stereocenters. The van der Waals surface area contributed by atoms with E-state index < -0.39 is 13.9 Å². The van der Waals surface area contributed by atoms with Gasteiger partial charge in [-0.1, -0.05) is 173 Å². The van der Waals surface area contributed by atoms with Gasteiger partial charge in [0, 0.05) is 13.0 Å². The Morgan fingerprint density at radius 1 is 0.526 bits per heavy atom. The maximum atomic E-state index is 12.7. The van der Waals surface area contributed by atoms with Crippen LogP contribution < -0.4 is 4.89 Å². The lowest BCUT2D eigenvalue weighted by Gasteiger charge is -2.28. The zero-order valence-corrected chi connectivity index (χ0v) is 39.2. The highest BCUT2D eigenvalue weighted by Crippen LogP contribution is 2.38. The van der Waals surface area contributed by atoms with Crippen LogP contribution in [0.1, 0.15) is 219 Å². The second kappa shape index (κ2) is 41.7. The molecule has 57 heavy (non-hydrogen) atoms. The van der Waals surface area contributed by atoms with E-state index in [1.165, 1.54) is 167 Å². The molecule has 0 rings (SSSR count). The molecular weight excluding hydrogens is 734 g/mol. The van der Waals surface area contributed by atoms with Crippen molar-refractivity contribution in [1.29, 1.82) is 0 Å². The highest BCUT2D eigenvalue weighted by atomic mass is 31.2. The van der Waals surface area contributed by atoms with Crippen molar-refractivity contribution < 1.29 is 37.3 Å². The minimum Gasteiger partial charge on any atom is -0.756 e. The molecule has 0 aromatic carbocycles. The van der Waals surface area contributed by atoms with Crippen molar-refractivity contribution in [3.8, 4) is 0 Å². The Labute approximate surface area is 353 Å². The Kier molecular flexibility index (Phi) is 41.0. The number of ether oxygens (including phenoxy) is 2. The van der Waals surface area contributed by atoms with Crippen LogP contribution in [0.3, 0.4) is 0 Å². The molecule has 0 amide bonds. The Morgan fingerprint density at radius 2 is 0.912 bits per heavy atom. The first-order valence-corrected chi connectivity index (χ1v) is 25.5. The number of phosphoric acid groups is 1. The molecule has 0 fully saturated rings. The van der Waals surface area contributed by atoms with Crippen LogP contribution in [0.15, 0.2) is 24.3 Å². The molecule has 0 spiro atoms. The topological polar surface area (TPSA) is 94.1 Å². The van der Waals surface area contributed by atoms with Gasteiger partial charge in [0.1, 0.15) is 19.3 Å². The van der Waals surface area contributed by atoms with E-state index in [0.717, 1.165) is 32.1 Å². The minimum atomic E-state index is -4.53. The third-order valence-corrected chi connectivity index (χ3v) is 11.4. The number of phosphoric ester groups is 1. The first-order chi connectivity index (χ1) is 27.6. The number of likely N-dealkylation sites (N-methyl/N-ethyl adjacent to an activating group) is 1. The zero-order valence-electron chi connectivity index (χ0n) is 38.3. The van der Waals surface area contributed by atoms with Crippen molar-refractivity contribution in [3.63, 3.8) is 0 Å². The standard InChI is InChI=1S/C48H94NO7P/c1-6-8-10-12-14-16-18-20-22-24-26-28-30-32-34-36-38-40-43-53-45-47(46-55-57(51,52)54-44-42-49(3,4)5)56-48(50)41-39-37-35-33-31-29-27-25-23-21-19-17-15-13-11-9-7-2/h20-23,47H,6-19,24-46H2,1-5H3/b22-20-,23-21-. The monoisotopic (exact) mass is 828 g/mol. The van der Waals surface area contributed by atoms with E-state index in [9.17, 15) is 14.3 Å². The van der Waals surface area contributed by atoms with Crippen LogP contribution >= 0.6 is 7.82 Å². The number of allylic oxidation sites excluding steroid dienone is 4. The van der Waals surface area contributed by atoms with Gasteiger partial charge in [-0.25, -0.2) is 0 Å². The van der Waals surface area contributed by atoms with Gasteiger partial charge in [-0.2, -0.15) is 0 Å². The molecule has 0 aliphatic rings. The van der Waals surface area contributed by atoms with E-state index in [1.54, 1.807) is 0 Å². The molecule has 338 valence electrons. The van der Waals surface area contributed by atoms with E-state index >= 15 is 0 Å². The van der Waals surface area contributed by atoms with Crippen molar-refractivity contribution >= 4 is 13.8 Å². The number of carbonyl (C=O) groups is 1. The molecule has 2 atom stereocenters. The molecule has 0 N–H and O–H groups in total. The average Bonchev–Trinajstić information content (AvgIpc) is 3.16. The molecule has 9 heteroatoms. The largest absolute Gasteiger partial charge is 0.756 e. The first kappa shape index (κ1) is 56.0. The maximum Gasteiger partial charge on any atom is 0.306 e. The fourth-order valence-electron chi connectivity index (χ4n) is 6.71. The van der Waals surface area contributed by atoms with E-state index in [4.69, 9.17) is 18.5 Å². The molecule has 0 heterocycles. The SMILES string of the molecule is CCCCCCCC/C=C\CCCCCCCCCCOCC(COP(=O)([O-])OCC[N+](C)(C)C)OC(=O)CCCCCCCCC/C=C\CCCCCCCC. The zero-order chi connectivity index (χ0) is 42.0. The van der Waals surface area contributed by atoms with Crippen molar-refractivity contribution in [2.75, 3.05) is 54.1 Å². The fraction of sp³-hybridized carbons (Fsp3) is 0.896. The third kappa shape index (κ3) is 45.9. The van der Waals surface area contributed by atoms with Crippen LogP contribution in [0.4, 0.5) is 0 Å². The van der Waals surface area contributed by atoms with Crippen LogP contribution in [0.5, 0.6) is 0 Å². The summed E-state index contributed by atoms with van der Waals surface area (Å²) >= 11 is 0. The van der Waals surface area contributed by atoms with Gasteiger partial charge in [-0.05, 0) is 64.2 Å². The predicted molar refractivity (Wildman–Crippen MR) is 240 cm³/mol. The van der Waals surface area contributed by atoms with Crippen molar-refractivity contribution in [1.82, 2.24) is 0 Å². The molecule has 0 aliphatic heterocycles. The lowest BCUT2D eigenvalue weighted by Crippen LogP contribution is -2.37. The number of nitrogens with zero attached hydrogens (tertiary/aromatic N) is 1. The highest BCUT2D eigenvalue weighted by Gasteiger charge is 2.20. The van der Waals surface area contributed by atoms with Gasteiger partial charge in [-0.3, -0.25) is 9.36 Å². The predicted octanol–water partition coefficient (Wildman–Crippen LogP) is 13.8. The summed E-state index contributed by atoms with van der Waals surface area (Å²) in [5.41, 5.74) is 0. The van der Waals surface area contributed by atoms with E-state index in [0.29, 0.717) is 24.1 Å². The van der Waals surface area contributed by atoms with E-state index in [-0.39, 0.29) is 25.8 Å². The smallest absolute Gasteiger partial charge is 0.306 e. The lowest BCUT2D eigenvalue weighted by molar-refractivity contribution is -0.870. The second-order valence-electron chi connectivity index (χ2n) is 17.5. The minimum absolute atomic E-state index is 0.0261. The van der Waals surface area contributed by atoms with Gasteiger partial charge >= 0.3 is 5.97 Å². The lowest BCUT2D eigenvalue weighted by atomic mass is 10.1. The van der Waals surface area contributed by atoms with Crippen molar-refractivity contribution in [2.45, 2.75) is 225 Å². The number of rotatable bonds is 45. The molecule has 8 nitrogen and oxygen atoms in total. The Balaban J connectivity index is 4.18. The Bertz CT molecular complexity index is 967. The number of esters is 1. The second-order valence-corrected chi connectivity index (χ2v) is 18.9. The van der Waals surface area contributed by atoms with Gasteiger partial charge < -0.3 is 27.9 Å². The van der Waals surface area contributed by atoms with Gasteiger partial charge in [0.15, 0.2) is 0 Å². The molecule has 0 aliphatic carbocycles. The maximum absolute atomic E-state index is 12.7. The average molecular weight is 828 g/mol. The molecule has 0 bridgehead atoms. The summed E-state index contributed by atoms with van der Waals surface area (Å²) < 4.78 is 34.7. The van der Waals surface area contributed by atoms with Crippen LogP contribution in [-0.2, 0) is 27.9 Å². The number of hydrogen-bond donors (Lipinski definition) is 0. The number of carbonyl (C=O) groups excluding carboxylic acids is 1. The van der Waals surface area contributed by atoms with Crippen LogP contribution in [0.25, 0.3) is 0 Å². The number of unbranched alkanes of at least 4 members (excludes halogenated alkanes) is 27. The summed E-state index contributed by atoms with van der Waals surface area (Å²) in [6.45, 7) is 5.42. The van der Waals surface area contributed by atoms with Gasteiger partial charge in [0.2, 0.25) is 0 Å². The van der Waals surface area contributed by atoms with Crippen molar-refractivity contribution in [3.05, 3.63) is 24.3 Å². The van der Waals surface area contributed by atoms with Gasteiger partial charge in [0.25, 0.3) is 7.82 Å². The quantitative estimate of drug-likeness (QED) is 0.0198. The molecule has 0 aromatic heterocycles. The van der Waals surface area contributed by atoms with Crippen LogP contribution in [-0.4, -0.2) is 70.7 Å². The number of hydrogen-bond acceptors (Lipinski definition) is 7. The van der Waals surface area contributed by atoms with Crippen molar-refractivity contribution in [2.24, 2.45) is 0 Å². The molecule has 0 saturated heterocycles. The molecule has 0 radical (unpaired) electrons. The summed E-state index contributed by atoms with van der Waals surface area (Å²) in [5, 5.41) is 0. The van der Waals surface area contributed by atoms with Crippen LogP contribution in [0, 0.1) is 0 Å². The first-order valence-electron chi connectivity index (χ1n) is 24.1. The summed E-state index contributed by atoms with van der Waals surface area (Å²) in [6, 6.07) is 0. The number of quaternary nitrogens is 1. The highest BCUT2D eigenvalue weighted by molar-refractivity contribution is 7.45. The summed E-state index contributed by atoms with van der Waals surface area (Å²) in [7, 11) is 1.36. The van der Waals surface area contributed by atoms with Gasteiger partial charge in [0.05, 0.1) is 34.4 Å². The van der Waals surface area contributed by atoms with Gasteiger partial charge in [-0.15, -0.1) is 0 Å². The van der Waals surface area contributed by atoms with Crippen LogP contribution in [0.2, 0.25) is 0 Å². The Hall–Kier alpha value is -1.02. The van der Waals surface area contributed by atoms with E-state index in [1.807, 2.05) is 21.1 Å². The molecule has 0 saturated carbocycles.